The number of carbonyl (C=O) groups excluding carboxylic acids is 4. The van der Waals surface area contributed by atoms with Crippen molar-refractivity contribution in [2.24, 2.45) is 5.92 Å². The van der Waals surface area contributed by atoms with Gasteiger partial charge in [0, 0.05) is 0 Å². The fourth-order valence-corrected chi connectivity index (χ4v) is 3.23. The van der Waals surface area contributed by atoms with Gasteiger partial charge in [0.15, 0.2) is 6.61 Å². The van der Waals surface area contributed by atoms with Gasteiger partial charge in [-0.25, -0.2) is 4.79 Å². The van der Waals surface area contributed by atoms with E-state index in [1.165, 1.54) is 20.3 Å². The van der Waals surface area contributed by atoms with Gasteiger partial charge in [0.2, 0.25) is 5.78 Å². The molecule has 150 valence electrons. The van der Waals surface area contributed by atoms with E-state index in [9.17, 15) is 19.2 Å². The lowest BCUT2D eigenvalue weighted by Gasteiger charge is -2.20. The highest BCUT2D eigenvalue weighted by Gasteiger charge is 2.56. The van der Waals surface area contributed by atoms with Crippen molar-refractivity contribution in [2.75, 3.05) is 27.4 Å². The molecule has 1 aliphatic carbocycles. The first-order chi connectivity index (χ1) is 13.3. The smallest absolute Gasteiger partial charge is 0.326 e. The number of benzene rings is 1. The maximum Gasteiger partial charge on any atom is 0.326 e. The van der Waals surface area contributed by atoms with Crippen LogP contribution in [-0.2, 0) is 14.3 Å². The van der Waals surface area contributed by atoms with Crippen molar-refractivity contribution in [1.82, 2.24) is 10.2 Å². The predicted octanol–water partition coefficient (Wildman–Crippen LogP) is 1.15. The third-order valence-corrected chi connectivity index (χ3v) is 5.05. The van der Waals surface area contributed by atoms with E-state index < -0.39 is 42.4 Å². The molecule has 3 rings (SSSR count). The molecule has 9 heteroatoms. The Kier molecular flexibility index (Phi) is 5.26. The number of urea groups is 1. The first-order valence-corrected chi connectivity index (χ1v) is 8.85. The Morgan fingerprint density at radius 3 is 2.54 bits per heavy atom. The summed E-state index contributed by atoms with van der Waals surface area (Å²) in [5.41, 5.74) is -0.771. The number of hydrogen-bond donors (Lipinski definition) is 1. The fraction of sp³-hybridized carbons (Fsp3) is 0.474. The molecule has 1 N–H and O–H groups in total. The quantitative estimate of drug-likeness (QED) is 0.403. The first kappa shape index (κ1) is 19.7. The van der Waals surface area contributed by atoms with Gasteiger partial charge in [-0.15, -0.1) is 0 Å². The standard InChI is InChI=1S/C19H22N2O7/c1-19(11-4-5-11)17(24)21(18(25)20-19)9-16(23)28-10-14(22)13-8-12(26-2)6-7-15(13)27-3/h6-8,11H,4-5,9-10H2,1-3H3,(H,20,25)/t19-/m0/s1. The number of ketones is 1. The number of nitrogens with one attached hydrogen (secondary N) is 1. The molecular formula is C19H22N2O7. The van der Waals surface area contributed by atoms with Crippen LogP contribution in [0.3, 0.4) is 0 Å². The van der Waals surface area contributed by atoms with Crippen LogP contribution in [0.2, 0.25) is 0 Å². The van der Waals surface area contributed by atoms with Gasteiger partial charge >= 0.3 is 12.0 Å². The molecule has 0 radical (unpaired) electrons. The maximum atomic E-state index is 12.5. The van der Waals surface area contributed by atoms with E-state index in [0.29, 0.717) is 11.5 Å². The van der Waals surface area contributed by atoms with Crippen LogP contribution in [0.5, 0.6) is 11.5 Å². The molecule has 0 unspecified atom stereocenters. The molecule has 0 aromatic heterocycles. The lowest BCUT2D eigenvalue weighted by molar-refractivity contribution is -0.146. The number of esters is 1. The van der Waals surface area contributed by atoms with Gasteiger partial charge in [-0.05, 0) is 43.9 Å². The largest absolute Gasteiger partial charge is 0.497 e. The molecule has 1 saturated carbocycles. The van der Waals surface area contributed by atoms with Crippen LogP contribution in [-0.4, -0.2) is 61.5 Å². The van der Waals surface area contributed by atoms with Gasteiger partial charge in [0.05, 0.1) is 19.8 Å². The number of rotatable bonds is 8. The van der Waals surface area contributed by atoms with Gasteiger partial charge in [-0.1, -0.05) is 0 Å². The normalized spacial score (nSPS) is 21.3. The number of carbonyl (C=O) groups is 4. The predicted molar refractivity (Wildman–Crippen MR) is 96.2 cm³/mol. The summed E-state index contributed by atoms with van der Waals surface area (Å²) in [6, 6.07) is 4.06. The minimum atomic E-state index is -0.971. The summed E-state index contributed by atoms with van der Waals surface area (Å²) >= 11 is 0. The summed E-state index contributed by atoms with van der Waals surface area (Å²) in [5.74, 6) is -0.932. The lowest BCUT2D eigenvalue weighted by atomic mass is 9.96. The lowest BCUT2D eigenvalue weighted by Crippen LogP contribution is -2.46. The zero-order valence-electron chi connectivity index (χ0n) is 15.9. The number of amides is 3. The van der Waals surface area contributed by atoms with Crippen molar-refractivity contribution < 1.29 is 33.4 Å². The van der Waals surface area contributed by atoms with Gasteiger partial charge in [-0.2, -0.15) is 0 Å². The zero-order valence-corrected chi connectivity index (χ0v) is 15.9. The molecule has 0 spiro atoms. The second kappa shape index (κ2) is 7.49. The van der Waals surface area contributed by atoms with Crippen molar-refractivity contribution in [3.05, 3.63) is 23.8 Å². The van der Waals surface area contributed by atoms with Crippen LogP contribution in [0.4, 0.5) is 4.79 Å². The van der Waals surface area contributed by atoms with Crippen molar-refractivity contribution in [3.63, 3.8) is 0 Å². The van der Waals surface area contributed by atoms with Crippen molar-refractivity contribution in [2.45, 2.75) is 25.3 Å². The molecule has 1 saturated heterocycles. The van der Waals surface area contributed by atoms with Crippen molar-refractivity contribution in [3.8, 4) is 11.5 Å². The number of ether oxygens (including phenoxy) is 3. The summed E-state index contributed by atoms with van der Waals surface area (Å²) in [7, 11) is 2.88. The van der Waals surface area contributed by atoms with Gasteiger partial charge < -0.3 is 19.5 Å². The van der Waals surface area contributed by atoms with E-state index in [1.807, 2.05) is 0 Å². The van der Waals surface area contributed by atoms with Crippen LogP contribution in [0.25, 0.3) is 0 Å². The van der Waals surface area contributed by atoms with Gasteiger partial charge in [0.1, 0.15) is 23.6 Å². The third-order valence-electron chi connectivity index (χ3n) is 5.05. The van der Waals surface area contributed by atoms with E-state index in [2.05, 4.69) is 5.32 Å². The second-order valence-corrected chi connectivity index (χ2v) is 6.95. The Morgan fingerprint density at radius 2 is 1.93 bits per heavy atom. The Labute approximate surface area is 161 Å². The molecule has 9 nitrogen and oxygen atoms in total. The maximum absolute atomic E-state index is 12.5. The average Bonchev–Trinajstić information content (AvgIpc) is 3.51. The highest BCUT2D eigenvalue weighted by atomic mass is 16.5. The summed E-state index contributed by atoms with van der Waals surface area (Å²) in [4.78, 5) is 49.9. The highest BCUT2D eigenvalue weighted by Crippen LogP contribution is 2.42. The van der Waals surface area contributed by atoms with Crippen LogP contribution in [0.1, 0.15) is 30.1 Å². The number of Topliss-reactive ketones (excluding diaryl/α,β-unsaturated/α-hetero) is 1. The Morgan fingerprint density at radius 1 is 1.21 bits per heavy atom. The van der Waals surface area contributed by atoms with E-state index in [0.717, 1.165) is 17.7 Å². The Hall–Kier alpha value is -3.10. The minimum Gasteiger partial charge on any atom is -0.497 e. The molecule has 2 aliphatic rings. The molecule has 1 aromatic carbocycles. The monoisotopic (exact) mass is 390 g/mol. The van der Waals surface area contributed by atoms with Crippen molar-refractivity contribution in [1.29, 1.82) is 0 Å². The third kappa shape index (κ3) is 3.64. The molecule has 28 heavy (non-hydrogen) atoms. The van der Waals surface area contributed by atoms with Gasteiger partial charge in [-0.3, -0.25) is 19.3 Å². The first-order valence-electron chi connectivity index (χ1n) is 8.85. The van der Waals surface area contributed by atoms with Crippen LogP contribution in [0, 0.1) is 5.92 Å². The van der Waals surface area contributed by atoms with E-state index in [4.69, 9.17) is 14.2 Å². The number of imide groups is 1. The Bertz CT molecular complexity index is 834. The summed E-state index contributed by atoms with van der Waals surface area (Å²) in [5, 5.41) is 2.65. The molecule has 1 heterocycles. The molecule has 1 atom stereocenters. The molecule has 1 aromatic rings. The molecule has 1 aliphatic heterocycles. The summed E-state index contributed by atoms with van der Waals surface area (Å²) in [6.07, 6.45) is 1.72. The van der Waals surface area contributed by atoms with Crippen LogP contribution < -0.4 is 14.8 Å². The number of hydrogen-bond acceptors (Lipinski definition) is 7. The van der Waals surface area contributed by atoms with Crippen LogP contribution >= 0.6 is 0 Å². The number of nitrogens with zero attached hydrogens (tertiary/aromatic N) is 1. The Balaban J connectivity index is 1.59. The van der Waals surface area contributed by atoms with E-state index in [-0.39, 0.29) is 11.5 Å². The van der Waals surface area contributed by atoms with Crippen LogP contribution in [0.15, 0.2) is 18.2 Å². The second-order valence-electron chi connectivity index (χ2n) is 6.95. The van der Waals surface area contributed by atoms with Gasteiger partial charge in [0.25, 0.3) is 5.91 Å². The molecule has 0 bridgehead atoms. The average molecular weight is 390 g/mol. The highest BCUT2D eigenvalue weighted by molar-refractivity contribution is 6.09. The summed E-state index contributed by atoms with van der Waals surface area (Å²) in [6.45, 7) is 0.566. The van der Waals surface area contributed by atoms with Crippen molar-refractivity contribution >= 4 is 23.7 Å². The zero-order chi connectivity index (χ0) is 20.5. The van der Waals surface area contributed by atoms with E-state index >= 15 is 0 Å². The fourth-order valence-electron chi connectivity index (χ4n) is 3.23. The van der Waals surface area contributed by atoms with E-state index in [1.54, 1.807) is 19.1 Å². The minimum absolute atomic E-state index is 0.0899. The summed E-state index contributed by atoms with van der Waals surface area (Å²) < 4.78 is 15.2. The SMILES string of the molecule is COc1ccc(OC)c(C(=O)COC(=O)CN2C(=O)N[C@@](C)(C3CC3)C2=O)c1. The topological polar surface area (TPSA) is 111 Å². The molecule has 2 fully saturated rings. The molecular weight excluding hydrogens is 368 g/mol. The molecule has 3 amide bonds. The number of methoxy groups -OCH3 is 2.